The molecule has 0 saturated carbocycles. The first-order valence-corrected chi connectivity index (χ1v) is 10.5. The van der Waals surface area contributed by atoms with Crippen LogP contribution < -0.4 is 10.6 Å². The van der Waals surface area contributed by atoms with Crippen molar-refractivity contribution in [3.8, 4) is 11.4 Å². The minimum atomic E-state index is -0.0710. The van der Waals surface area contributed by atoms with Gasteiger partial charge in [0.15, 0.2) is 5.82 Å². The average molecular weight is 418 g/mol. The molecule has 31 heavy (non-hydrogen) atoms. The molecule has 0 fully saturated rings. The van der Waals surface area contributed by atoms with E-state index < -0.39 is 0 Å². The first-order chi connectivity index (χ1) is 15.0. The second-order valence-corrected chi connectivity index (χ2v) is 7.97. The van der Waals surface area contributed by atoms with Crippen LogP contribution in [0.5, 0.6) is 0 Å². The van der Waals surface area contributed by atoms with Crippen molar-refractivity contribution in [2.45, 2.75) is 27.2 Å². The molecule has 0 bridgehead atoms. The van der Waals surface area contributed by atoms with Gasteiger partial charge in [0.2, 0.25) is 5.95 Å². The highest BCUT2D eigenvalue weighted by molar-refractivity contribution is 5.94. The van der Waals surface area contributed by atoms with E-state index in [0.717, 1.165) is 28.6 Å². The highest BCUT2D eigenvalue weighted by Gasteiger charge is 2.14. The Hall–Kier alpha value is -3.68. The van der Waals surface area contributed by atoms with Gasteiger partial charge in [0.1, 0.15) is 0 Å². The largest absolute Gasteiger partial charge is 0.352 e. The normalized spacial score (nSPS) is 11.3. The number of carbonyl (C=O) groups is 1. The smallest absolute Gasteiger partial charge is 0.251 e. The van der Waals surface area contributed by atoms with Gasteiger partial charge in [-0.3, -0.25) is 9.89 Å². The summed E-state index contributed by atoms with van der Waals surface area (Å²) < 4.78 is 1.72. The maximum atomic E-state index is 12.2. The summed E-state index contributed by atoms with van der Waals surface area (Å²) in [5.74, 6) is 1.58. The molecule has 3 N–H and O–H groups in total. The molecular weight excluding hydrogens is 390 g/mol. The molecule has 2 aromatic heterocycles. The maximum absolute atomic E-state index is 12.2. The van der Waals surface area contributed by atoms with Gasteiger partial charge in [-0.25, -0.2) is 4.68 Å². The van der Waals surface area contributed by atoms with Crippen LogP contribution in [0.4, 0.5) is 11.6 Å². The van der Waals surface area contributed by atoms with Crippen LogP contribution in [0, 0.1) is 5.92 Å². The Kier molecular flexibility index (Phi) is 5.70. The number of aromatic nitrogens is 5. The molecule has 0 saturated heterocycles. The molecule has 0 aliphatic rings. The number of anilines is 2. The molecule has 8 nitrogen and oxygen atoms in total. The predicted molar refractivity (Wildman–Crippen MR) is 122 cm³/mol. The van der Waals surface area contributed by atoms with Gasteiger partial charge in [0.05, 0.1) is 11.7 Å². The maximum Gasteiger partial charge on any atom is 0.251 e. The molecule has 0 aliphatic carbocycles. The zero-order chi connectivity index (χ0) is 22.0. The fourth-order valence-corrected chi connectivity index (χ4v) is 3.48. The molecule has 0 radical (unpaired) electrons. The quantitative estimate of drug-likeness (QED) is 0.421. The summed E-state index contributed by atoms with van der Waals surface area (Å²) in [7, 11) is 1.86. The molecule has 0 aliphatic heterocycles. The summed E-state index contributed by atoms with van der Waals surface area (Å²) in [6, 6.07) is 11.4. The van der Waals surface area contributed by atoms with Crippen LogP contribution >= 0.6 is 0 Å². The fraction of sp³-hybridized carbons (Fsp3) is 0.304. The zero-order valence-corrected chi connectivity index (χ0v) is 18.2. The number of fused-ring (bicyclic) bond motifs is 1. The second kappa shape index (κ2) is 8.59. The lowest BCUT2D eigenvalue weighted by Crippen LogP contribution is -2.27. The number of nitrogens with one attached hydrogen (secondary N) is 3. The summed E-state index contributed by atoms with van der Waals surface area (Å²) in [5.41, 5.74) is 4.64. The zero-order valence-electron chi connectivity index (χ0n) is 18.2. The molecule has 0 spiro atoms. The van der Waals surface area contributed by atoms with E-state index in [0.29, 0.717) is 29.8 Å². The number of carbonyl (C=O) groups excluding carboxylic acids is 1. The molecule has 0 atom stereocenters. The molecule has 2 heterocycles. The molecule has 4 aromatic rings. The summed E-state index contributed by atoms with van der Waals surface area (Å²) in [5, 5.41) is 19.1. The number of rotatable bonds is 7. The van der Waals surface area contributed by atoms with Crippen molar-refractivity contribution in [1.29, 1.82) is 0 Å². The first-order valence-electron chi connectivity index (χ1n) is 10.5. The highest BCUT2D eigenvalue weighted by Crippen LogP contribution is 2.28. The van der Waals surface area contributed by atoms with Crippen LogP contribution in [0.15, 0.2) is 42.6 Å². The lowest BCUT2D eigenvalue weighted by atomic mass is 10.1. The predicted octanol–water partition coefficient (Wildman–Crippen LogP) is 4.05. The van der Waals surface area contributed by atoms with E-state index in [1.165, 1.54) is 5.56 Å². The number of benzene rings is 2. The van der Waals surface area contributed by atoms with Crippen LogP contribution in [0.1, 0.15) is 36.7 Å². The van der Waals surface area contributed by atoms with Crippen LogP contribution in [-0.4, -0.2) is 37.4 Å². The van der Waals surface area contributed by atoms with E-state index in [4.69, 9.17) is 0 Å². The monoisotopic (exact) mass is 417 g/mol. The molecule has 8 heteroatoms. The lowest BCUT2D eigenvalue weighted by Gasteiger charge is -2.10. The summed E-state index contributed by atoms with van der Waals surface area (Å²) in [4.78, 5) is 16.9. The Bertz CT molecular complexity index is 1200. The molecule has 0 unspecified atom stereocenters. The third kappa shape index (κ3) is 4.28. The Morgan fingerprint density at radius 2 is 1.94 bits per heavy atom. The van der Waals surface area contributed by atoms with Gasteiger partial charge in [-0.15, -0.1) is 5.10 Å². The van der Waals surface area contributed by atoms with Gasteiger partial charge in [-0.2, -0.15) is 10.1 Å². The van der Waals surface area contributed by atoms with Gasteiger partial charge < -0.3 is 10.6 Å². The Labute approximate surface area is 181 Å². The third-order valence-electron chi connectivity index (χ3n) is 5.17. The van der Waals surface area contributed by atoms with Gasteiger partial charge in [0.25, 0.3) is 5.91 Å². The van der Waals surface area contributed by atoms with E-state index in [1.807, 2.05) is 37.5 Å². The Morgan fingerprint density at radius 3 is 2.65 bits per heavy atom. The second-order valence-electron chi connectivity index (χ2n) is 7.97. The summed E-state index contributed by atoms with van der Waals surface area (Å²) in [6.45, 7) is 6.91. The van der Waals surface area contributed by atoms with Crippen molar-refractivity contribution in [2.24, 2.45) is 13.0 Å². The van der Waals surface area contributed by atoms with Gasteiger partial charge >= 0.3 is 0 Å². The van der Waals surface area contributed by atoms with E-state index in [9.17, 15) is 4.79 Å². The standard InChI is InChI=1S/C23H27N7O/c1-5-17-18-13-25-28-20(18)11-10-19(17)26-23-27-21(29-30(23)4)15-6-8-16(9-7-15)22(31)24-12-14(2)3/h6-11,13-14H,5,12H2,1-4H3,(H,24,31)(H,25,28)(H,26,27,29). The van der Waals surface area contributed by atoms with Crippen LogP contribution in [0.3, 0.4) is 0 Å². The van der Waals surface area contributed by atoms with Crippen molar-refractivity contribution in [2.75, 3.05) is 11.9 Å². The van der Waals surface area contributed by atoms with Crippen molar-refractivity contribution < 1.29 is 4.79 Å². The minimum Gasteiger partial charge on any atom is -0.352 e. The van der Waals surface area contributed by atoms with E-state index in [1.54, 1.807) is 16.8 Å². The lowest BCUT2D eigenvalue weighted by molar-refractivity contribution is 0.0949. The summed E-state index contributed by atoms with van der Waals surface area (Å²) in [6.07, 6.45) is 2.71. The molecular formula is C23H27N7O. The van der Waals surface area contributed by atoms with E-state index >= 15 is 0 Å². The highest BCUT2D eigenvalue weighted by atomic mass is 16.1. The van der Waals surface area contributed by atoms with Crippen LogP contribution in [0.25, 0.3) is 22.3 Å². The minimum absolute atomic E-state index is 0.0710. The number of aryl methyl sites for hydroxylation is 2. The number of hydrogen-bond donors (Lipinski definition) is 3. The van der Waals surface area contributed by atoms with E-state index in [-0.39, 0.29) is 5.91 Å². The van der Waals surface area contributed by atoms with Crippen molar-refractivity contribution in [3.05, 3.63) is 53.7 Å². The van der Waals surface area contributed by atoms with Crippen LogP contribution in [-0.2, 0) is 13.5 Å². The number of aromatic amines is 1. The Balaban J connectivity index is 1.55. The number of hydrogen-bond acceptors (Lipinski definition) is 5. The average Bonchev–Trinajstić information content (AvgIpc) is 3.39. The fourth-order valence-electron chi connectivity index (χ4n) is 3.48. The first kappa shape index (κ1) is 20.6. The number of amides is 1. The van der Waals surface area contributed by atoms with Gasteiger partial charge in [-0.05, 0) is 42.2 Å². The third-order valence-corrected chi connectivity index (χ3v) is 5.17. The molecule has 2 aromatic carbocycles. The SMILES string of the molecule is CCc1c(Nc2nc(-c3ccc(C(=O)NCC(C)C)cc3)nn2C)ccc2[nH]ncc12. The Morgan fingerprint density at radius 1 is 1.16 bits per heavy atom. The van der Waals surface area contributed by atoms with E-state index in [2.05, 4.69) is 51.7 Å². The van der Waals surface area contributed by atoms with Crippen molar-refractivity contribution in [1.82, 2.24) is 30.3 Å². The molecule has 4 rings (SSSR count). The topological polar surface area (TPSA) is 101 Å². The van der Waals surface area contributed by atoms with Gasteiger partial charge in [-0.1, -0.05) is 32.9 Å². The molecule has 1 amide bonds. The molecule has 160 valence electrons. The van der Waals surface area contributed by atoms with Crippen LogP contribution in [0.2, 0.25) is 0 Å². The van der Waals surface area contributed by atoms with Crippen molar-refractivity contribution >= 4 is 28.4 Å². The number of H-pyrrole nitrogens is 1. The van der Waals surface area contributed by atoms with Gasteiger partial charge in [0, 0.05) is 35.8 Å². The van der Waals surface area contributed by atoms with Crippen molar-refractivity contribution in [3.63, 3.8) is 0 Å². The summed E-state index contributed by atoms with van der Waals surface area (Å²) >= 11 is 0. The number of nitrogens with zero attached hydrogens (tertiary/aromatic N) is 4.